The molecule has 0 aromatic rings. The van der Waals surface area contributed by atoms with Gasteiger partial charge in [-0.2, -0.15) is 0 Å². The number of hydrogen-bond donors (Lipinski definition) is 0. The van der Waals surface area contributed by atoms with Crippen LogP contribution in [-0.2, 0) is 4.79 Å². The molecule has 0 N–H and O–H groups in total. The van der Waals surface area contributed by atoms with Crippen LogP contribution in [-0.4, -0.2) is 5.97 Å². The molecule has 0 bridgehead atoms. The summed E-state index contributed by atoms with van der Waals surface area (Å²) in [5.41, 5.74) is 2.99. The number of aliphatic carboxylic acids is 1. The van der Waals surface area contributed by atoms with Crippen LogP contribution in [0, 0.1) is 0 Å². The second-order valence-corrected chi connectivity index (χ2v) is 5.81. The molecule has 3 heteroatoms. The maximum Gasteiger partial charge on any atom is 1.00 e. The van der Waals surface area contributed by atoms with Crippen LogP contribution in [0.4, 0.5) is 0 Å². The van der Waals surface area contributed by atoms with E-state index >= 15 is 0 Å². The summed E-state index contributed by atoms with van der Waals surface area (Å²) in [7, 11) is 0. The second kappa shape index (κ2) is 22.4. The zero-order valence-corrected chi connectivity index (χ0v) is 18.4. The van der Waals surface area contributed by atoms with E-state index in [1.54, 1.807) is 6.08 Å². The largest absolute Gasteiger partial charge is 1.00 e. The minimum absolute atomic E-state index is 0. The van der Waals surface area contributed by atoms with Crippen LogP contribution in [0.1, 0.15) is 90.4 Å². The number of allylic oxidation sites excluding steroid dienone is 3. The average molecular weight is 345 g/mol. The summed E-state index contributed by atoms with van der Waals surface area (Å²) in [6, 6.07) is 0. The fourth-order valence-corrected chi connectivity index (χ4v) is 2.28. The maximum atomic E-state index is 10.2. The molecule has 0 aliphatic heterocycles. The molecule has 0 unspecified atom stereocenters. The number of unbranched alkanes of at least 4 members (excludes halogenated alkanes) is 9. The van der Waals surface area contributed by atoms with Gasteiger partial charge in [0.25, 0.3) is 0 Å². The Bertz CT molecular complexity index is 342. The molecule has 0 rings (SSSR count). The van der Waals surface area contributed by atoms with Crippen molar-refractivity contribution in [3.05, 3.63) is 30.0 Å². The van der Waals surface area contributed by atoms with E-state index < -0.39 is 5.97 Å². The molecule has 0 spiro atoms. The van der Waals surface area contributed by atoms with Crippen molar-refractivity contribution < 1.29 is 61.3 Å². The quantitative estimate of drug-likeness (QED) is 0.198. The molecule has 0 heterocycles. The van der Waals surface area contributed by atoms with Crippen molar-refractivity contribution in [2.75, 3.05) is 0 Å². The van der Waals surface area contributed by atoms with E-state index in [0.29, 0.717) is 6.42 Å². The number of carbonyl (C=O) groups is 1. The van der Waals surface area contributed by atoms with E-state index in [9.17, 15) is 9.90 Å². The van der Waals surface area contributed by atoms with E-state index in [2.05, 4.69) is 24.8 Å². The molecule has 0 aliphatic rings. The van der Waals surface area contributed by atoms with Crippen molar-refractivity contribution in [1.29, 1.82) is 0 Å². The third kappa shape index (κ3) is 24.7. The summed E-state index contributed by atoms with van der Waals surface area (Å²) >= 11 is 0. The zero-order valence-electron chi connectivity index (χ0n) is 15.3. The first-order valence-electron chi connectivity index (χ1n) is 9.01. The SMILES string of the molecule is CCCCCCCCCCC/C=C\CC=C=CCCC(=O)[O-].[K+]. The predicted octanol–water partition coefficient (Wildman–Crippen LogP) is 2.10. The molecule has 0 aromatic carbocycles. The summed E-state index contributed by atoms with van der Waals surface area (Å²) in [4.78, 5) is 10.2. The topological polar surface area (TPSA) is 40.1 Å². The van der Waals surface area contributed by atoms with Gasteiger partial charge in [0.05, 0.1) is 0 Å². The fraction of sp³-hybridized carbons (Fsp3) is 0.700. The van der Waals surface area contributed by atoms with Crippen LogP contribution in [0.15, 0.2) is 30.0 Å². The van der Waals surface area contributed by atoms with Crippen LogP contribution in [0.25, 0.3) is 0 Å². The number of hydrogen-bond acceptors (Lipinski definition) is 2. The molecule has 0 aromatic heterocycles. The number of carboxylic acid groups (broad SMARTS) is 1. The molecule has 2 nitrogen and oxygen atoms in total. The Balaban J connectivity index is 0. The Morgan fingerprint density at radius 3 is 2.09 bits per heavy atom. The molecule has 126 valence electrons. The van der Waals surface area contributed by atoms with Crippen LogP contribution >= 0.6 is 0 Å². The van der Waals surface area contributed by atoms with Crippen molar-refractivity contribution in [3.8, 4) is 0 Å². The molecule has 0 radical (unpaired) electrons. The predicted molar refractivity (Wildman–Crippen MR) is 92.5 cm³/mol. The zero-order chi connectivity index (χ0) is 16.3. The summed E-state index contributed by atoms with van der Waals surface area (Å²) < 4.78 is 0. The Kier molecular flexibility index (Phi) is 24.9. The van der Waals surface area contributed by atoms with Gasteiger partial charge < -0.3 is 9.90 Å². The molecule has 0 fully saturated rings. The van der Waals surface area contributed by atoms with E-state index in [4.69, 9.17) is 0 Å². The summed E-state index contributed by atoms with van der Waals surface area (Å²) in [6.07, 6.45) is 23.1. The van der Waals surface area contributed by atoms with Crippen molar-refractivity contribution >= 4 is 5.97 Å². The first kappa shape index (κ1) is 25.6. The minimum Gasteiger partial charge on any atom is -0.550 e. The Hall–Kier alpha value is 0.366. The van der Waals surface area contributed by atoms with Crippen LogP contribution in [0.5, 0.6) is 0 Å². The Morgan fingerprint density at radius 2 is 1.48 bits per heavy atom. The standard InChI is InChI=1S/C20H34O2.K/c1-2-3-4-5-6-7-8-9-10-11-12-13-14-15-16-17-18-19-20(21)22;/h12-13,15,17H,2-11,14,18-19H2,1H3,(H,21,22);/q;+1/p-1/b13-12-;. The third-order valence-electron chi connectivity index (χ3n) is 3.62. The van der Waals surface area contributed by atoms with Gasteiger partial charge in [-0.15, -0.1) is 5.73 Å². The van der Waals surface area contributed by atoms with Gasteiger partial charge in [-0.05, 0) is 44.3 Å². The number of carbonyl (C=O) groups excluding carboxylic acids is 1. The first-order valence-corrected chi connectivity index (χ1v) is 9.01. The Morgan fingerprint density at radius 1 is 0.870 bits per heavy atom. The van der Waals surface area contributed by atoms with Crippen molar-refractivity contribution in [1.82, 2.24) is 0 Å². The smallest absolute Gasteiger partial charge is 0.550 e. The molecular weight excluding hydrogens is 311 g/mol. The molecule has 0 saturated heterocycles. The average Bonchev–Trinajstić information content (AvgIpc) is 2.50. The van der Waals surface area contributed by atoms with Gasteiger partial charge in [0, 0.05) is 5.97 Å². The van der Waals surface area contributed by atoms with E-state index in [1.165, 1.54) is 57.8 Å². The normalized spacial score (nSPS) is 10.1. The molecule has 0 amide bonds. The van der Waals surface area contributed by atoms with E-state index in [0.717, 1.165) is 12.8 Å². The molecular formula is C20H33KO2. The minimum atomic E-state index is -1.00. The van der Waals surface area contributed by atoms with Gasteiger partial charge in [0.2, 0.25) is 0 Å². The second-order valence-electron chi connectivity index (χ2n) is 5.81. The maximum absolute atomic E-state index is 10.2. The van der Waals surface area contributed by atoms with Gasteiger partial charge in [-0.3, -0.25) is 0 Å². The van der Waals surface area contributed by atoms with Crippen LogP contribution in [0.3, 0.4) is 0 Å². The number of carboxylic acids is 1. The molecule has 0 atom stereocenters. The monoisotopic (exact) mass is 344 g/mol. The van der Waals surface area contributed by atoms with Gasteiger partial charge in [-0.25, -0.2) is 0 Å². The van der Waals surface area contributed by atoms with Crippen LogP contribution < -0.4 is 56.5 Å². The van der Waals surface area contributed by atoms with Gasteiger partial charge >= 0.3 is 51.4 Å². The third-order valence-corrected chi connectivity index (χ3v) is 3.62. The van der Waals surface area contributed by atoms with Gasteiger partial charge in [-0.1, -0.05) is 70.4 Å². The van der Waals surface area contributed by atoms with Crippen molar-refractivity contribution in [2.45, 2.75) is 90.4 Å². The summed E-state index contributed by atoms with van der Waals surface area (Å²) in [6.45, 7) is 2.26. The van der Waals surface area contributed by atoms with Crippen molar-refractivity contribution in [3.63, 3.8) is 0 Å². The van der Waals surface area contributed by atoms with Gasteiger partial charge in [0.15, 0.2) is 0 Å². The molecule has 23 heavy (non-hydrogen) atoms. The molecule has 0 aliphatic carbocycles. The fourth-order valence-electron chi connectivity index (χ4n) is 2.28. The van der Waals surface area contributed by atoms with E-state index in [-0.39, 0.29) is 57.8 Å². The van der Waals surface area contributed by atoms with Crippen molar-refractivity contribution in [2.24, 2.45) is 0 Å². The van der Waals surface area contributed by atoms with E-state index in [1.807, 2.05) is 6.08 Å². The first-order chi connectivity index (χ1) is 10.8. The molecule has 0 saturated carbocycles. The Labute approximate surface area is 185 Å². The van der Waals surface area contributed by atoms with Gasteiger partial charge in [0.1, 0.15) is 0 Å². The van der Waals surface area contributed by atoms with Crippen LogP contribution in [0.2, 0.25) is 0 Å². The summed E-state index contributed by atoms with van der Waals surface area (Å²) in [5.74, 6) is -1.00. The number of rotatable bonds is 15. The summed E-state index contributed by atoms with van der Waals surface area (Å²) in [5, 5.41) is 10.2.